The summed E-state index contributed by atoms with van der Waals surface area (Å²) in [5.74, 6) is -0.948. The van der Waals surface area contributed by atoms with E-state index in [4.69, 9.17) is 0 Å². The molecule has 1 aromatic heterocycles. The van der Waals surface area contributed by atoms with E-state index in [2.05, 4.69) is 5.32 Å². The van der Waals surface area contributed by atoms with Crippen LogP contribution in [0.3, 0.4) is 0 Å². The number of thiophene rings is 1. The van der Waals surface area contributed by atoms with Crippen molar-refractivity contribution in [3.63, 3.8) is 0 Å². The largest absolute Gasteiger partial charge is 0.507 e. The fraction of sp³-hybridized carbons (Fsp3) is 0.0833. The Balaban J connectivity index is 2.10. The molecule has 0 aliphatic heterocycles. The number of phenolic OH excluding ortho intramolecular Hbond substituents is 2. The van der Waals surface area contributed by atoms with Crippen LogP contribution in [0, 0.1) is 0 Å². The van der Waals surface area contributed by atoms with Crippen LogP contribution in [0.15, 0.2) is 35.7 Å². The lowest BCUT2D eigenvalue weighted by atomic mass is 10.1. The lowest BCUT2D eigenvalue weighted by molar-refractivity contribution is 0.0946. The summed E-state index contributed by atoms with van der Waals surface area (Å²) in [4.78, 5) is 12.8. The summed E-state index contributed by atoms with van der Waals surface area (Å²) >= 11 is 1.53. The van der Waals surface area contributed by atoms with E-state index in [-0.39, 0.29) is 17.1 Å². The Morgan fingerprint density at radius 2 is 1.88 bits per heavy atom. The van der Waals surface area contributed by atoms with Gasteiger partial charge in [-0.25, -0.2) is 0 Å². The molecule has 1 aromatic carbocycles. The Kier molecular flexibility index (Phi) is 3.30. The van der Waals surface area contributed by atoms with Crippen LogP contribution in [-0.2, 0) is 6.54 Å². The first-order valence-electron chi connectivity index (χ1n) is 5.00. The van der Waals surface area contributed by atoms with Gasteiger partial charge in [-0.05, 0) is 23.6 Å². The van der Waals surface area contributed by atoms with Crippen LogP contribution in [0.1, 0.15) is 15.2 Å². The smallest absolute Gasteiger partial charge is 0.259 e. The quantitative estimate of drug-likeness (QED) is 0.780. The predicted molar refractivity (Wildman–Crippen MR) is 65.3 cm³/mol. The SMILES string of the molecule is O=C(NCc1cccs1)c1c(O)cccc1O. The summed E-state index contributed by atoms with van der Waals surface area (Å²) < 4.78 is 0. The van der Waals surface area contributed by atoms with Crippen molar-refractivity contribution < 1.29 is 15.0 Å². The summed E-state index contributed by atoms with van der Waals surface area (Å²) in [5.41, 5.74) is -0.0935. The van der Waals surface area contributed by atoms with E-state index < -0.39 is 5.91 Å². The summed E-state index contributed by atoms with van der Waals surface area (Å²) in [7, 11) is 0. The molecule has 0 aliphatic rings. The van der Waals surface area contributed by atoms with Gasteiger partial charge < -0.3 is 15.5 Å². The Morgan fingerprint density at radius 1 is 1.18 bits per heavy atom. The van der Waals surface area contributed by atoms with Gasteiger partial charge in [0, 0.05) is 4.88 Å². The van der Waals surface area contributed by atoms with E-state index in [1.165, 1.54) is 29.5 Å². The van der Waals surface area contributed by atoms with Crippen molar-refractivity contribution in [1.29, 1.82) is 0 Å². The fourth-order valence-electron chi connectivity index (χ4n) is 1.43. The third-order valence-corrected chi connectivity index (χ3v) is 3.13. The molecule has 0 bridgehead atoms. The summed E-state index contributed by atoms with van der Waals surface area (Å²) in [6.07, 6.45) is 0. The van der Waals surface area contributed by atoms with Gasteiger partial charge in [0.15, 0.2) is 0 Å². The van der Waals surface area contributed by atoms with Crippen LogP contribution in [-0.4, -0.2) is 16.1 Å². The van der Waals surface area contributed by atoms with Crippen molar-refractivity contribution in [3.05, 3.63) is 46.2 Å². The third kappa shape index (κ3) is 2.57. The second-order valence-electron chi connectivity index (χ2n) is 3.43. The monoisotopic (exact) mass is 249 g/mol. The van der Waals surface area contributed by atoms with Crippen molar-refractivity contribution in [3.8, 4) is 11.5 Å². The topological polar surface area (TPSA) is 69.6 Å². The van der Waals surface area contributed by atoms with Crippen molar-refractivity contribution in [1.82, 2.24) is 5.32 Å². The Bertz CT molecular complexity index is 502. The number of aromatic hydroxyl groups is 2. The number of hydrogen-bond acceptors (Lipinski definition) is 4. The Hall–Kier alpha value is -2.01. The molecule has 0 saturated heterocycles. The standard InChI is InChI=1S/C12H11NO3S/c14-9-4-1-5-10(15)11(9)12(16)13-7-8-3-2-6-17-8/h1-6,14-15H,7H2,(H,13,16). The number of benzene rings is 1. The highest BCUT2D eigenvalue weighted by molar-refractivity contribution is 7.09. The fourth-order valence-corrected chi connectivity index (χ4v) is 2.07. The minimum atomic E-state index is -0.492. The van der Waals surface area contributed by atoms with E-state index in [0.717, 1.165) is 4.88 Å². The highest BCUT2D eigenvalue weighted by Gasteiger charge is 2.15. The lowest BCUT2D eigenvalue weighted by Gasteiger charge is -2.07. The number of carbonyl (C=O) groups is 1. The molecule has 5 heteroatoms. The molecule has 0 unspecified atom stereocenters. The molecule has 3 N–H and O–H groups in total. The van der Waals surface area contributed by atoms with E-state index >= 15 is 0 Å². The third-order valence-electron chi connectivity index (χ3n) is 2.25. The zero-order valence-corrected chi connectivity index (χ0v) is 9.70. The average molecular weight is 249 g/mol. The Morgan fingerprint density at radius 3 is 2.47 bits per heavy atom. The first-order valence-corrected chi connectivity index (χ1v) is 5.88. The second-order valence-corrected chi connectivity index (χ2v) is 4.47. The maximum atomic E-state index is 11.8. The number of hydrogen-bond donors (Lipinski definition) is 3. The van der Waals surface area contributed by atoms with E-state index in [1.807, 2.05) is 17.5 Å². The second kappa shape index (κ2) is 4.88. The van der Waals surface area contributed by atoms with Crippen LogP contribution < -0.4 is 5.32 Å². The first-order chi connectivity index (χ1) is 8.18. The molecule has 1 amide bonds. The first kappa shape index (κ1) is 11.5. The van der Waals surface area contributed by atoms with Gasteiger partial charge in [-0.15, -0.1) is 11.3 Å². The number of rotatable bonds is 3. The van der Waals surface area contributed by atoms with Crippen molar-refractivity contribution in [2.75, 3.05) is 0 Å². The predicted octanol–water partition coefficient (Wildman–Crippen LogP) is 2.09. The van der Waals surface area contributed by atoms with Gasteiger partial charge in [0.25, 0.3) is 5.91 Å². The molecule has 0 aliphatic carbocycles. The zero-order valence-electron chi connectivity index (χ0n) is 8.88. The van der Waals surface area contributed by atoms with Crippen LogP contribution in [0.5, 0.6) is 11.5 Å². The van der Waals surface area contributed by atoms with Gasteiger partial charge in [-0.1, -0.05) is 12.1 Å². The van der Waals surface area contributed by atoms with E-state index in [9.17, 15) is 15.0 Å². The van der Waals surface area contributed by atoms with Gasteiger partial charge in [0.2, 0.25) is 0 Å². The van der Waals surface area contributed by atoms with Crippen LogP contribution >= 0.6 is 11.3 Å². The van der Waals surface area contributed by atoms with Crippen molar-refractivity contribution >= 4 is 17.2 Å². The van der Waals surface area contributed by atoms with Gasteiger partial charge in [0.1, 0.15) is 17.1 Å². The van der Waals surface area contributed by atoms with Gasteiger partial charge >= 0.3 is 0 Å². The van der Waals surface area contributed by atoms with E-state index in [0.29, 0.717) is 6.54 Å². The minimum absolute atomic E-state index is 0.0935. The molecule has 0 atom stereocenters. The molecule has 0 fully saturated rings. The van der Waals surface area contributed by atoms with Crippen LogP contribution in [0.4, 0.5) is 0 Å². The molecular weight excluding hydrogens is 238 g/mol. The average Bonchev–Trinajstić information content (AvgIpc) is 2.79. The number of phenols is 2. The molecular formula is C12H11NO3S. The molecule has 0 saturated carbocycles. The molecule has 4 nitrogen and oxygen atoms in total. The number of amides is 1. The number of nitrogens with one attached hydrogen (secondary N) is 1. The minimum Gasteiger partial charge on any atom is -0.507 e. The lowest BCUT2D eigenvalue weighted by Crippen LogP contribution is -2.22. The molecule has 88 valence electrons. The van der Waals surface area contributed by atoms with E-state index in [1.54, 1.807) is 0 Å². The van der Waals surface area contributed by atoms with Crippen LogP contribution in [0.2, 0.25) is 0 Å². The molecule has 0 spiro atoms. The highest BCUT2D eigenvalue weighted by Crippen LogP contribution is 2.25. The summed E-state index contributed by atoms with van der Waals surface area (Å²) in [5, 5.41) is 23.6. The summed E-state index contributed by atoms with van der Waals surface area (Å²) in [6.45, 7) is 0.379. The normalized spacial score (nSPS) is 10.1. The zero-order chi connectivity index (χ0) is 12.3. The Labute approximate surface area is 102 Å². The van der Waals surface area contributed by atoms with Gasteiger partial charge in [0.05, 0.1) is 6.54 Å². The molecule has 2 aromatic rings. The highest BCUT2D eigenvalue weighted by atomic mass is 32.1. The van der Waals surface area contributed by atoms with Crippen LogP contribution in [0.25, 0.3) is 0 Å². The molecule has 17 heavy (non-hydrogen) atoms. The summed E-state index contributed by atoms with van der Waals surface area (Å²) in [6, 6.07) is 7.99. The molecule has 1 heterocycles. The maximum absolute atomic E-state index is 11.8. The van der Waals surface area contributed by atoms with Crippen molar-refractivity contribution in [2.24, 2.45) is 0 Å². The molecule has 2 rings (SSSR count). The number of carbonyl (C=O) groups excluding carboxylic acids is 1. The van der Waals surface area contributed by atoms with Gasteiger partial charge in [-0.2, -0.15) is 0 Å². The maximum Gasteiger partial charge on any atom is 0.259 e. The van der Waals surface area contributed by atoms with Gasteiger partial charge in [-0.3, -0.25) is 4.79 Å². The molecule has 0 radical (unpaired) electrons. The van der Waals surface area contributed by atoms with Crippen molar-refractivity contribution in [2.45, 2.75) is 6.54 Å².